The van der Waals surface area contributed by atoms with Gasteiger partial charge in [0.05, 0.1) is 0 Å². The first-order valence-corrected chi connectivity index (χ1v) is 5.49. The fraction of sp³-hybridized carbons (Fsp3) is 0.750. The molecule has 0 saturated carbocycles. The van der Waals surface area contributed by atoms with Crippen molar-refractivity contribution in [3.8, 4) is 0 Å². The molecule has 0 heterocycles. The minimum atomic E-state index is -0.801. The van der Waals surface area contributed by atoms with E-state index in [1.807, 2.05) is 6.08 Å². The number of carbonyl (C=O) groups is 1. The Bertz CT molecular complexity index is 194. The highest BCUT2D eigenvalue weighted by Gasteiger charge is 2.03. The lowest BCUT2D eigenvalue weighted by atomic mass is 10.0. The van der Waals surface area contributed by atoms with Gasteiger partial charge < -0.3 is 5.11 Å². The molecule has 2 heteroatoms. The summed E-state index contributed by atoms with van der Waals surface area (Å²) >= 11 is 0. The highest BCUT2D eigenvalue weighted by Crippen LogP contribution is 2.13. The molecule has 1 unspecified atom stereocenters. The van der Waals surface area contributed by atoms with Crippen molar-refractivity contribution in [1.82, 2.24) is 0 Å². The van der Waals surface area contributed by atoms with E-state index in [2.05, 4.69) is 13.8 Å². The molecular weight excluding hydrogens is 176 g/mol. The van der Waals surface area contributed by atoms with Crippen molar-refractivity contribution in [2.75, 3.05) is 0 Å². The van der Waals surface area contributed by atoms with Gasteiger partial charge in [0.25, 0.3) is 0 Å². The van der Waals surface area contributed by atoms with Gasteiger partial charge in [-0.05, 0) is 19.3 Å². The zero-order chi connectivity index (χ0) is 11.0. The Kier molecular flexibility index (Phi) is 7.17. The first kappa shape index (κ1) is 13.2. The fourth-order valence-corrected chi connectivity index (χ4v) is 1.47. The van der Waals surface area contributed by atoms with E-state index in [0.29, 0.717) is 11.5 Å². The first-order chi connectivity index (χ1) is 6.57. The molecular formula is C12H22O2. The van der Waals surface area contributed by atoms with Crippen molar-refractivity contribution in [3.05, 3.63) is 11.6 Å². The average molecular weight is 198 g/mol. The summed E-state index contributed by atoms with van der Waals surface area (Å²) in [5.41, 5.74) is 0.466. The van der Waals surface area contributed by atoms with Crippen molar-refractivity contribution < 1.29 is 9.90 Å². The maximum atomic E-state index is 10.5. The molecule has 14 heavy (non-hydrogen) atoms. The van der Waals surface area contributed by atoms with Crippen LogP contribution >= 0.6 is 0 Å². The van der Waals surface area contributed by atoms with Crippen LogP contribution in [0.5, 0.6) is 0 Å². The van der Waals surface area contributed by atoms with E-state index in [9.17, 15) is 4.79 Å². The lowest BCUT2D eigenvalue weighted by Crippen LogP contribution is -1.99. The maximum absolute atomic E-state index is 10.5. The molecule has 1 atom stereocenters. The minimum absolute atomic E-state index is 0.392. The average Bonchev–Trinajstić information content (AvgIpc) is 2.12. The van der Waals surface area contributed by atoms with E-state index in [4.69, 9.17) is 5.11 Å². The van der Waals surface area contributed by atoms with Crippen molar-refractivity contribution in [2.24, 2.45) is 5.92 Å². The molecule has 0 aromatic carbocycles. The van der Waals surface area contributed by atoms with Crippen LogP contribution in [0.1, 0.15) is 52.9 Å². The van der Waals surface area contributed by atoms with E-state index in [0.717, 1.165) is 6.42 Å². The third-order valence-electron chi connectivity index (χ3n) is 2.38. The molecule has 0 aromatic heterocycles. The van der Waals surface area contributed by atoms with Crippen LogP contribution in [0.25, 0.3) is 0 Å². The van der Waals surface area contributed by atoms with Crippen LogP contribution in [-0.2, 0) is 4.79 Å². The quantitative estimate of drug-likeness (QED) is 0.501. The second-order valence-electron chi connectivity index (χ2n) is 3.98. The van der Waals surface area contributed by atoms with Gasteiger partial charge in [-0.15, -0.1) is 0 Å². The Morgan fingerprint density at radius 3 is 2.50 bits per heavy atom. The second-order valence-corrected chi connectivity index (χ2v) is 3.98. The molecule has 0 aliphatic heterocycles. The van der Waals surface area contributed by atoms with Crippen LogP contribution < -0.4 is 0 Å². The largest absolute Gasteiger partial charge is 0.478 e. The summed E-state index contributed by atoms with van der Waals surface area (Å²) in [6.07, 6.45) is 7.96. The molecule has 1 N–H and O–H groups in total. The van der Waals surface area contributed by atoms with Crippen LogP contribution in [0.4, 0.5) is 0 Å². The number of hydrogen-bond acceptors (Lipinski definition) is 1. The SMILES string of the molecule is CCCCCCC(C)/C=C(\C)C(=O)O. The monoisotopic (exact) mass is 198 g/mol. The lowest BCUT2D eigenvalue weighted by molar-refractivity contribution is -0.132. The topological polar surface area (TPSA) is 37.3 Å². The summed E-state index contributed by atoms with van der Waals surface area (Å²) < 4.78 is 0. The van der Waals surface area contributed by atoms with Gasteiger partial charge in [0.15, 0.2) is 0 Å². The summed E-state index contributed by atoms with van der Waals surface area (Å²) in [6, 6.07) is 0. The Morgan fingerprint density at radius 2 is 2.00 bits per heavy atom. The highest BCUT2D eigenvalue weighted by atomic mass is 16.4. The molecule has 0 amide bonds. The molecule has 82 valence electrons. The van der Waals surface area contributed by atoms with Crippen molar-refractivity contribution in [3.63, 3.8) is 0 Å². The molecule has 0 radical (unpaired) electrons. The molecule has 0 bridgehead atoms. The van der Waals surface area contributed by atoms with E-state index in [1.54, 1.807) is 6.92 Å². The van der Waals surface area contributed by atoms with Crippen LogP contribution in [-0.4, -0.2) is 11.1 Å². The lowest BCUT2D eigenvalue weighted by Gasteiger charge is -2.06. The third-order valence-corrected chi connectivity index (χ3v) is 2.38. The van der Waals surface area contributed by atoms with Crippen LogP contribution in [0.2, 0.25) is 0 Å². The van der Waals surface area contributed by atoms with Gasteiger partial charge >= 0.3 is 5.97 Å². The van der Waals surface area contributed by atoms with Crippen LogP contribution in [0.3, 0.4) is 0 Å². The molecule has 0 spiro atoms. The van der Waals surface area contributed by atoms with Crippen molar-refractivity contribution >= 4 is 5.97 Å². The van der Waals surface area contributed by atoms with Gasteiger partial charge in [-0.2, -0.15) is 0 Å². The van der Waals surface area contributed by atoms with Crippen molar-refractivity contribution in [1.29, 1.82) is 0 Å². The molecule has 0 aliphatic rings. The highest BCUT2D eigenvalue weighted by molar-refractivity contribution is 5.85. The van der Waals surface area contributed by atoms with Gasteiger partial charge in [-0.1, -0.05) is 45.6 Å². The Balaban J connectivity index is 3.69. The number of carboxylic acids is 1. The number of carboxylic acid groups (broad SMARTS) is 1. The fourth-order valence-electron chi connectivity index (χ4n) is 1.47. The maximum Gasteiger partial charge on any atom is 0.330 e. The van der Waals surface area contributed by atoms with Crippen LogP contribution in [0.15, 0.2) is 11.6 Å². The minimum Gasteiger partial charge on any atom is -0.478 e. The Morgan fingerprint density at radius 1 is 1.36 bits per heavy atom. The number of hydrogen-bond donors (Lipinski definition) is 1. The summed E-state index contributed by atoms with van der Waals surface area (Å²) in [5.74, 6) is -0.409. The molecule has 0 saturated heterocycles. The number of rotatable bonds is 7. The second kappa shape index (κ2) is 7.60. The molecule has 0 rings (SSSR count). The number of allylic oxidation sites excluding steroid dienone is 1. The van der Waals surface area contributed by atoms with Gasteiger partial charge in [0.1, 0.15) is 0 Å². The van der Waals surface area contributed by atoms with Gasteiger partial charge in [-0.3, -0.25) is 0 Å². The summed E-state index contributed by atoms with van der Waals surface area (Å²) in [6.45, 7) is 5.93. The smallest absolute Gasteiger partial charge is 0.330 e. The Hall–Kier alpha value is -0.790. The van der Waals surface area contributed by atoms with E-state index in [-0.39, 0.29) is 0 Å². The normalized spacial score (nSPS) is 14.1. The summed E-state index contributed by atoms with van der Waals surface area (Å²) in [4.78, 5) is 10.5. The standard InChI is InChI=1S/C12H22O2/c1-4-5-6-7-8-10(2)9-11(3)12(13)14/h9-10H,4-8H2,1-3H3,(H,13,14)/b11-9+. The molecule has 0 aliphatic carbocycles. The third kappa shape index (κ3) is 6.70. The Labute approximate surface area is 87.0 Å². The van der Waals surface area contributed by atoms with E-state index >= 15 is 0 Å². The van der Waals surface area contributed by atoms with E-state index in [1.165, 1.54) is 25.7 Å². The predicted octanol–water partition coefficient (Wildman–Crippen LogP) is 3.62. The van der Waals surface area contributed by atoms with Crippen LogP contribution in [0, 0.1) is 5.92 Å². The molecule has 0 fully saturated rings. The van der Waals surface area contributed by atoms with Gasteiger partial charge in [-0.25, -0.2) is 4.79 Å². The molecule has 2 nitrogen and oxygen atoms in total. The number of unbranched alkanes of at least 4 members (excludes halogenated alkanes) is 3. The first-order valence-electron chi connectivity index (χ1n) is 5.49. The van der Waals surface area contributed by atoms with Gasteiger partial charge in [0, 0.05) is 5.57 Å². The zero-order valence-electron chi connectivity index (χ0n) is 9.55. The predicted molar refractivity (Wildman–Crippen MR) is 59.3 cm³/mol. The van der Waals surface area contributed by atoms with Gasteiger partial charge in [0.2, 0.25) is 0 Å². The molecule has 0 aromatic rings. The summed E-state index contributed by atoms with van der Waals surface area (Å²) in [7, 11) is 0. The zero-order valence-corrected chi connectivity index (χ0v) is 9.55. The van der Waals surface area contributed by atoms with Crippen molar-refractivity contribution in [2.45, 2.75) is 52.9 Å². The number of aliphatic carboxylic acids is 1. The van der Waals surface area contributed by atoms with E-state index < -0.39 is 5.97 Å². The summed E-state index contributed by atoms with van der Waals surface area (Å²) in [5, 5.41) is 8.67.